The monoisotopic (exact) mass is 291 g/mol. The molecule has 0 saturated heterocycles. The summed E-state index contributed by atoms with van der Waals surface area (Å²) < 4.78 is 18.9. The fourth-order valence-corrected chi connectivity index (χ4v) is 2.55. The zero-order chi connectivity index (χ0) is 13.9. The van der Waals surface area contributed by atoms with Gasteiger partial charge in [-0.2, -0.15) is 0 Å². The third-order valence-corrected chi connectivity index (χ3v) is 3.73. The Morgan fingerprint density at radius 3 is 2.80 bits per heavy atom. The van der Waals surface area contributed by atoms with Crippen molar-refractivity contribution in [3.05, 3.63) is 64.4 Å². The van der Waals surface area contributed by atoms with Crippen LogP contribution in [0.15, 0.2) is 42.5 Å². The van der Waals surface area contributed by atoms with Gasteiger partial charge in [0.1, 0.15) is 11.6 Å². The largest absolute Gasteiger partial charge is 0.493 e. The van der Waals surface area contributed by atoms with Crippen molar-refractivity contribution in [1.29, 1.82) is 0 Å². The topological polar surface area (TPSA) is 21.3 Å². The van der Waals surface area contributed by atoms with Crippen LogP contribution in [0.25, 0.3) is 0 Å². The molecule has 0 saturated carbocycles. The molecule has 2 aromatic carbocycles. The standard InChI is InChI=1S/C16H15ClFNO/c17-12-3-1-11(2-4-12)10-19-15-7-8-20-16-6-5-13(18)9-14(15)16/h1-6,9,15,19H,7-8,10H2. The van der Waals surface area contributed by atoms with Crippen molar-refractivity contribution >= 4 is 11.6 Å². The van der Waals surface area contributed by atoms with Crippen molar-refractivity contribution < 1.29 is 9.13 Å². The maximum atomic E-state index is 13.4. The van der Waals surface area contributed by atoms with Crippen LogP contribution in [-0.4, -0.2) is 6.61 Å². The molecule has 3 rings (SSSR count). The third-order valence-electron chi connectivity index (χ3n) is 3.48. The summed E-state index contributed by atoms with van der Waals surface area (Å²) in [4.78, 5) is 0. The number of rotatable bonds is 3. The molecule has 1 N–H and O–H groups in total. The third kappa shape index (κ3) is 2.94. The highest BCUT2D eigenvalue weighted by atomic mass is 35.5. The molecule has 2 nitrogen and oxygen atoms in total. The van der Waals surface area contributed by atoms with Gasteiger partial charge in [-0.25, -0.2) is 4.39 Å². The lowest BCUT2D eigenvalue weighted by molar-refractivity contribution is 0.251. The molecule has 0 fully saturated rings. The fourth-order valence-electron chi connectivity index (χ4n) is 2.42. The van der Waals surface area contributed by atoms with Gasteiger partial charge in [-0.3, -0.25) is 0 Å². The Kier molecular flexibility index (Phi) is 3.90. The first kappa shape index (κ1) is 13.4. The van der Waals surface area contributed by atoms with Crippen molar-refractivity contribution in [1.82, 2.24) is 5.32 Å². The molecule has 104 valence electrons. The van der Waals surface area contributed by atoms with E-state index in [2.05, 4.69) is 5.32 Å². The van der Waals surface area contributed by atoms with E-state index in [1.165, 1.54) is 6.07 Å². The molecule has 4 heteroatoms. The summed E-state index contributed by atoms with van der Waals surface area (Å²) in [5, 5.41) is 4.18. The number of fused-ring (bicyclic) bond motifs is 1. The first-order valence-electron chi connectivity index (χ1n) is 6.62. The predicted molar refractivity (Wildman–Crippen MR) is 77.5 cm³/mol. The van der Waals surface area contributed by atoms with E-state index < -0.39 is 0 Å². The van der Waals surface area contributed by atoms with Gasteiger partial charge in [0.2, 0.25) is 0 Å². The number of benzene rings is 2. The van der Waals surface area contributed by atoms with Crippen molar-refractivity contribution in [2.45, 2.75) is 19.0 Å². The molecule has 0 aromatic heterocycles. The number of hydrogen-bond acceptors (Lipinski definition) is 2. The molecule has 1 atom stereocenters. The summed E-state index contributed by atoms with van der Waals surface area (Å²) in [7, 11) is 0. The molecule has 1 unspecified atom stereocenters. The van der Waals surface area contributed by atoms with Crippen LogP contribution in [0.1, 0.15) is 23.6 Å². The van der Waals surface area contributed by atoms with E-state index >= 15 is 0 Å². The average Bonchev–Trinajstić information content (AvgIpc) is 2.47. The summed E-state index contributed by atoms with van der Waals surface area (Å²) in [5.74, 6) is 0.541. The maximum Gasteiger partial charge on any atom is 0.124 e. The van der Waals surface area contributed by atoms with Crippen LogP contribution in [-0.2, 0) is 6.54 Å². The van der Waals surface area contributed by atoms with E-state index in [0.29, 0.717) is 6.61 Å². The first-order chi connectivity index (χ1) is 9.72. The van der Waals surface area contributed by atoms with E-state index in [1.807, 2.05) is 24.3 Å². The normalized spacial score (nSPS) is 17.4. The summed E-state index contributed by atoms with van der Waals surface area (Å²) in [6.07, 6.45) is 0.837. The Morgan fingerprint density at radius 1 is 1.20 bits per heavy atom. The molecule has 0 spiro atoms. The van der Waals surface area contributed by atoms with Gasteiger partial charge >= 0.3 is 0 Å². The van der Waals surface area contributed by atoms with E-state index in [-0.39, 0.29) is 11.9 Å². The lowest BCUT2D eigenvalue weighted by atomic mass is 10.00. The minimum atomic E-state index is -0.229. The smallest absolute Gasteiger partial charge is 0.124 e. The SMILES string of the molecule is Fc1ccc2c(c1)C(NCc1ccc(Cl)cc1)CCO2. The highest BCUT2D eigenvalue weighted by Crippen LogP contribution is 2.32. The predicted octanol–water partition coefficient (Wildman–Crippen LogP) is 4.09. The van der Waals surface area contributed by atoms with Crippen LogP contribution < -0.4 is 10.1 Å². The molecule has 1 heterocycles. The van der Waals surface area contributed by atoms with Crippen molar-refractivity contribution in [2.24, 2.45) is 0 Å². The second-order valence-corrected chi connectivity index (χ2v) is 5.32. The lowest BCUT2D eigenvalue weighted by Crippen LogP contribution is -2.26. The van der Waals surface area contributed by atoms with E-state index in [4.69, 9.17) is 16.3 Å². The van der Waals surface area contributed by atoms with Gasteiger partial charge in [0.25, 0.3) is 0 Å². The summed E-state index contributed by atoms with van der Waals surface area (Å²) in [5.41, 5.74) is 2.05. The Morgan fingerprint density at radius 2 is 2.00 bits per heavy atom. The second kappa shape index (κ2) is 5.81. The maximum absolute atomic E-state index is 13.4. The van der Waals surface area contributed by atoms with Gasteiger partial charge in [0, 0.05) is 29.6 Å². The van der Waals surface area contributed by atoms with Gasteiger partial charge in [-0.05, 0) is 35.9 Å². The Labute approximate surface area is 122 Å². The number of ether oxygens (including phenoxy) is 1. The highest BCUT2D eigenvalue weighted by molar-refractivity contribution is 6.30. The quantitative estimate of drug-likeness (QED) is 0.919. The zero-order valence-electron chi connectivity index (χ0n) is 10.9. The first-order valence-corrected chi connectivity index (χ1v) is 7.00. The van der Waals surface area contributed by atoms with Crippen LogP contribution in [0.5, 0.6) is 5.75 Å². The molecule has 0 radical (unpaired) electrons. The number of hydrogen-bond donors (Lipinski definition) is 1. The minimum absolute atomic E-state index is 0.116. The van der Waals surface area contributed by atoms with Crippen molar-refractivity contribution in [3.63, 3.8) is 0 Å². The van der Waals surface area contributed by atoms with Gasteiger partial charge < -0.3 is 10.1 Å². The van der Waals surface area contributed by atoms with Crippen LogP contribution in [0.2, 0.25) is 5.02 Å². The Balaban J connectivity index is 1.73. The second-order valence-electron chi connectivity index (χ2n) is 4.88. The molecule has 20 heavy (non-hydrogen) atoms. The van der Waals surface area contributed by atoms with Crippen molar-refractivity contribution in [2.75, 3.05) is 6.61 Å². The molecule has 2 aromatic rings. The van der Waals surface area contributed by atoms with Gasteiger partial charge in [0.05, 0.1) is 6.61 Å². The molecule has 0 aliphatic carbocycles. The zero-order valence-corrected chi connectivity index (χ0v) is 11.7. The van der Waals surface area contributed by atoms with Gasteiger partial charge in [-0.15, -0.1) is 0 Å². The molecule has 0 bridgehead atoms. The number of nitrogens with one attached hydrogen (secondary N) is 1. The summed E-state index contributed by atoms with van der Waals surface area (Å²) in [6, 6.07) is 12.5. The minimum Gasteiger partial charge on any atom is -0.493 e. The van der Waals surface area contributed by atoms with Crippen molar-refractivity contribution in [3.8, 4) is 5.75 Å². The Bertz CT molecular complexity index is 600. The number of halogens is 2. The van der Waals surface area contributed by atoms with E-state index in [0.717, 1.165) is 34.9 Å². The van der Waals surface area contributed by atoms with E-state index in [9.17, 15) is 4.39 Å². The van der Waals surface area contributed by atoms with Gasteiger partial charge in [0.15, 0.2) is 0 Å². The van der Waals surface area contributed by atoms with Crippen LogP contribution in [0.3, 0.4) is 0 Å². The lowest BCUT2D eigenvalue weighted by Gasteiger charge is -2.27. The van der Waals surface area contributed by atoms with Crippen LogP contribution >= 0.6 is 11.6 Å². The van der Waals surface area contributed by atoms with Gasteiger partial charge in [-0.1, -0.05) is 23.7 Å². The van der Waals surface area contributed by atoms with Crippen LogP contribution in [0, 0.1) is 5.82 Å². The average molecular weight is 292 g/mol. The summed E-state index contributed by atoms with van der Waals surface area (Å²) in [6.45, 7) is 1.37. The fraction of sp³-hybridized carbons (Fsp3) is 0.250. The van der Waals surface area contributed by atoms with Crippen LogP contribution in [0.4, 0.5) is 4.39 Å². The molecular weight excluding hydrogens is 277 g/mol. The molecule has 1 aliphatic heterocycles. The summed E-state index contributed by atoms with van der Waals surface area (Å²) >= 11 is 5.87. The van der Waals surface area contributed by atoms with E-state index in [1.54, 1.807) is 12.1 Å². The molecule has 0 amide bonds. The Hall–Kier alpha value is -1.58. The molecular formula is C16H15ClFNO. The highest BCUT2D eigenvalue weighted by Gasteiger charge is 2.21. The molecule has 1 aliphatic rings.